The molecule has 1 rings (SSSR count). The topological polar surface area (TPSA) is 88.1 Å². The fraction of sp³-hybridized carbons (Fsp3) is 0.615. The smallest absolute Gasteiger partial charge is 0.418 e. The molecule has 0 saturated carbocycles. The number of alkyl halides is 3. The highest BCUT2D eigenvalue weighted by molar-refractivity contribution is 5.67. The van der Waals surface area contributed by atoms with Crippen LogP contribution in [0, 0.1) is 0 Å². The van der Waals surface area contributed by atoms with Gasteiger partial charge in [-0.1, -0.05) is 0 Å². The minimum absolute atomic E-state index is 0.479. The summed E-state index contributed by atoms with van der Waals surface area (Å²) in [5, 5.41) is 0. The molecule has 1 heterocycles. The van der Waals surface area contributed by atoms with E-state index in [0.717, 1.165) is 20.8 Å². The van der Waals surface area contributed by atoms with Gasteiger partial charge in [0.15, 0.2) is 6.10 Å². The van der Waals surface area contributed by atoms with Crippen molar-refractivity contribution < 1.29 is 46.5 Å². The lowest BCUT2D eigenvalue weighted by Crippen LogP contribution is -2.47. The average molecular weight is 340 g/mol. The number of carbonyl (C=O) groups excluding carboxylic acids is 3. The van der Waals surface area contributed by atoms with E-state index in [-0.39, 0.29) is 0 Å². The molecule has 1 aliphatic heterocycles. The number of ether oxygens (including phenoxy) is 4. The molecule has 1 aliphatic rings. The van der Waals surface area contributed by atoms with Crippen LogP contribution in [0.3, 0.4) is 0 Å². The van der Waals surface area contributed by atoms with Crippen molar-refractivity contribution in [3.05, 3.63) is 11.6 Å². The normalized spacial score (nSPS) is 24.4. The Morgan fingerprint density at radius 3 is 2.09 bits per heavy atom. The predicted molar refractivity (Wildman–Crippen MR) is 66.8 cm³/mol. The Morgan fingerprint density at radius 1 is 1.09 bits per heavy atom. The second kappa shape index (κ2) is 7.44. The Morgan fingerprint density at radius 2 is 1.65 bits per heavy atom. The number of esters is 3. The third kappa shape index (κ3) is 5.89. The molecular weight excluding hydrogens is 325 g/mol. The fourth-order valence-corrected chi connectivity index (χ4v) is 1.78. The molecule has 3 atom stereocenters. The van der Waals surface area contributed by atoms with E-state index in [1.807, 2.05) is 0 Å². The van der Waals surface area contributed by atoms with Gasteiger partial charge in [-0.3, -0.25) is 14.4 Å². The molecule has 0 amide bonds. The number of rotatable bonds is 4. The standard InChI is InChI=1S/C13H15F3O7/c1-6(17)20-5-11-10(21-7(2)18)4-9(13(14,15)16)12(23-11)22-8(3)19/h4,10-12H,5H2,1-3H3/t10-,11+,12-/m0/s1. The third-order valence-corrected chi connectivity index (χ3v) is 2.62. The van der Waals surface area contributed by atoms with Crippen molar-refractivity contribution in [2.24, 2.45) is 0 Å². The summed E-state index contributed by atoms with van der Waals surface area (Å²) in [6.07, 6.45) is -9.04. The van der Waals surface area contributed by atoms with Crippen molar-refractivity contribution in [3.8, 4) is 0 Å². The van der Waals surface area contributed by atoms with Gasteiger partial charge in [-0.15, -0.1) is 0 Å². The van der Waals surface area contributed by atoms with Crippen LogP contribution in [-0.2, 0) is 33.3 Å². The van der Waals surface area contributed by atoms with Gasteiger partial charge in [-0.2, -0.15) is 13.2 Å². The van der Waals surface area contributed by atoms with Gasteiger partial charge >= 0.3 is 24.1 Å². The van der Waals surface area contributed by atoms with Crippen molar-refractivity contribution >= 4 is 17.9 Å². The third-order valence-electron chi connectivity index (χ3n) is 2.62. The van der Waals surface area contributed by atoms with Crippen LogP contribution >= 0.6 is 0 Å². The Bertz CT molecular complexity index is 512. The quantitative estimate of drug-likeness (QED) is 0.432. The zero-order chi connectivity index (χ0) is 17.8. The highest BCUT2D eigenvalue weighted by atomic mass is 19.4. The van der Waals surface area contributed by atoms with Gasteiger partial charge in [-0.05, 0) is 6.08 Å². The largest absolute Gasteiger partial charge is 0.463 e. The molecular formula is C13H15F3O7. The number of hydrogen-bond donors (Lipinski definition) is 0. The van der Waals surface area contributed by atoms with E-state index in [1.54, 1.807) is 0 Å². The van der Waals surface area contributed by atoms with Crippen molar-refractivity contribution in [1.29, 1.82) is 0 Å². The van der Waals surface area contributed by atoms with E-state index in [0.29, 0.717) is 6.08 Å². The molecule has 0 N–H and O–H groups in total. The van der Waals surface area contributed by atoms with Crippen molar-refractivity contribution in [3.63, 3.8) is 0 Å². The van der Waals surface area contributed by atoms with Crippen molar-refractivity contribution in [2.75, 3.05) is 6.61 Å². The van der Waals surface area contributed by atoms with Crippen LogP contribution in [0.15, 0.2) is 11.6 Å². The van der Waals surface area contributed by atoms with Crippen LogP contribution < -0.4 is 0 Å². The summed E-state index contributed by atoms with van der Waals surface area (Å²) in [5.41, 5.74) is -1.32. The Kier molecular flexibility index (Phi) is 6.13. The van der Waals surface area contributed by atoms with Gasteiger partial charge in [0.1, 0.15) is 18.3 Å². The number of carbonyl (C=O) groups is 3. The highest BCUT2D eigenvalue weighted by Crippen LogP contribution is 2.35. The lowest BCUT2D eigenvalue weighted by molar-refractivity contribution is -0.222. The molecule has 23 heavy (non-hydrogen) atoms. The van der Waals surface area contributed by atoms with Crippen LogP contribution in [0.4, 0.5) is 13.2 Å². The summed E-state index contributed by atoms with van der Waals surface area (Å²) in [6.45, 7) is 2.52. The lowest BCUT2D eigenvalue weighted by atomic mass is 10.1. The van der Waals surface area contributed by atoms with E-state index in [4.69, 9.17) is 9.47 Å². The summed E-state index contributed by atoms with van der Waals surface area (Å²) in [4.78, 5) is 32.8. The van der Waals surface area contributed by atoms with Crippen molar-refractivity contribution in [1.82, 2.24) is 0 Å². The Balaban J connectivity index is 3.11. The molecule has 0 radical (unpaired) electrons. The maximum Gasteiger partial charge on any atom is 0.418 e. The van der Waals surface area contributed by atoms with E-state index in [1.165, 1.54) is 0 Å². The SMILES string of the molecule is CC(=O)OC[C@H]1O[C@H](OC(C)=O)C(C(F)(F)F)=C[C@@H]1OC(C)=O. The maximum absolute atomic E-state index is 13.0. The van der Waals surface area contributed by atoms with Gasteiger partial charge in [0.25, 0.3) is 0 Å². The molecule has 0 unspecified atom stereocenters. The average Bonchev–Trinajstić information content (AvgIpc) is 2.35. The first-order chi connectivity index (χ1) is 10.5. The first-order valence-electron chi connectivity index (χ1n) is 6.43. The van der Waals surface area contributed by atoms with E-state index >= 15 is 0 Å². The summed E-state index contributed by atoms with van der Waals surface area (Å²) >= 11 is 0. The minimum atomic E-state index is -4.87. The molecule has 0 fully saturated rings. The molecule has 130 valence electrons. The van der Waals surface area contributed by atoms with Gasteiger partial charge in [-0.25, -0.2) is 0 Å². The van der Waals surface area contributed by atoms with E-state index < -0.39 is 54.8 Å². The number of halogens is 3. The molecule has 7 nitrogen and oxygen atoms in total. The lowest BCUT2D eigenvalue weighted by Gasteiger charge is -2.34. The second-order valence-corrected chi connectivity index (χ2v) is 4.61. The van der Waals surface area contributed by atoms with Crippen LogP contribution in [0.5, 0.6) is 0 Å². The summed E-state index contributed by atoms with van der Waals surface area (Å²) < 4.78 is 58.0. The van der Waals surface area contributed by atoms with Gasteiger partial charge in [0, 0.05) is 20.8 Å². The van der Waals surface area contributed by atoms with Gasteiger partial charge < -0.3 is 18.9 Å². The molecule has 0 aromatic rings. The first-order valence-corrected chi connectivity index (χ1v) is 6.43. The summed E-state index contributed by atoms with van der Waals surface area (Å²) in [7, 11) is 0. The van der Waals surface area contributed by atoms with Gasteiger partial charge in [0.05, 0.1) is 0 Å². The minimum Gasteiger partial charge on any atom is -0.463 e. The van der Waals surface area contributed by atoms with Crippen molar-refractivity contribution in [2.45, 2.75) is 45.4 Å². The molecule has 0 aromatic carbocycles. The Hall–Kier alpha value is -2.10. The maximum atomic E-state index is 13.0. The fourth-order valence-electron chi connectivity index (χ4n) is 1.78. The molecule has 0 aromatic heterocycles. The zero-order valence-corrected chi connectivity index (χ0v) is 12.5. The molecule has 10 heteroatoms. The van der Waals surface area contributed by atoms with E-state index in [2.05, 4.69) is 9.47 Å². The van der Waals surface area contributed by atoms with Crippen LogP contribution in [0.25, 0.3) is 0 Å². The Labute approximate surface area is 129 Å². The second-order valence-electron chi connectivity index (χ2n) is 4.61. The molecule has 0 spiro atoms. The first kappa shape index (κ1) is 18.9. The zero-order valence-electron chi connectivity index (χ0n) is 12.5. The number of hydrogen-bond acceptors (Lipinski definition) is 7. The monoisotopic (exact) mass is 340 g/mol. The molecule has 0 aliphatic carbocycles. The molecule has 0 saturated heterocycles. The van der Waals surface area contributed by atoms with Gasteiger partial charge in [0.2, 0.25) is 6.29 Å². The van der Waals surface area contributed by atoms with Crippen LogP contribution in [-0.4, -0.2) is 49.2 Å². The summed E-state index contributed by atoms with van der Waals surface area (Å²) in [5.74, 6) is -2.55. The molecule has 0 bridgehead atoms. The highest BCUT2D eigenvalue weighted by Gasteiger charge is 2.47. The van der Waals surface area contributed by atoms with E-state index in [9.17, 15) is 27.6 Å². The van der Waals surface area contributed by atoms with Crippen LogP contribution in [0.1, 0.15) is 20.8 Å². The summed E-state index contributed by atoms with van der Waals surface area (Å²) in [6, 6.07) is 0. The predicted octanol–water partition coefficient (Wildman–Crippen LogP) is 1.26. The van der Waals surface area contributed by atoms with Crippen LogP contribution in [0.2, 0.25) is 0 Å².